The number of nitrogens with zero attached hydrogens (tertiary/aromatic N) is 4. The molecule has 3 heterocycles. The fourth-order valence-electron chi connectivity index (χ4n) is 3.70. The van der Waals surface area contributed by atoms with Crippen LogP contribution in [0.5, 0.6) is 5.75 Å². The molecule has 0 aliphatic carbocycles. The highest BCUT2D eigenvalue weighted by molar-refractivity contribution is 7.99. The van der Waals surface area contributed by atoms with Gasteiger partial charge in [0.1, 0.15) is 5.75 Å². The van der Waals surface area contributed by atoms with Crippen LogP contribution >= 0.6 is 11.8 Å². The number of methoxy groups -OCH3 is 1. The molecule has 0 N–H and O–H groups in total. The minimum atomic E-state index is -0.179. The van der Waals surface area contributed by atoms with Gasteiger partial charge in [-0.1, -0.05) is 17.8 Å². The van der Waals surface area contributed by atoms with Crippen molar-refractivity contribution >= 4 is 23.4 Å². The number of hydrogen-bond donors (Lipinski definition) is 0. The normalized spacial score (nSPS) is 19.3. The molecular formula is C20H24N4O3S. The molecule has 0 saturated carbocycles. The molecule has 0 radical (unpaired) electrons. The van der Waals surface area contributed by atoms with Gasteiger partial charge in [0, 0.05) is 62.0 Å². The molecule has 1 saturated heterocycles. The van der Waals surface area contributed by atoms with Crippen molar-refractivity contribution in [3.63, 3.8) is 0 Å². The molecule has 148 valence electrons. The van der Waals surface area contributed by atoms with E-state index >= 15 is 0 Å². The minimum Gasteiger partial charge on any atom is -0.497 e. The predicted octanol–water partition coefficient (Wildman–Crippen LogP) is 1.63. The van der Waals surface area contributed by atoms with Crippen molar-refractivity contribution in [1.82, 2.24) is 14.5 Å². The van der Waals surface area contributed by atoms with Crippen LogP contribution in [-0.2, 0) is 11.3 Å². The first-order valence-corrected chi connectivity index (χ1v) is 10.4. The summed E-state index contributed by atoms with van der Waals surface area (Å²) in [4.78, 5) is 34.0. The lowest BCUT2D eigenvalue weighted by Gasteiger charge is -2.38. The summed E-state index contributed by atoms with van der Waals surface area (Å²) in [6.45, 7) is 5.13. The van der Waals surface area contributed by atoms with Gasteiger partial charge >= 0.3 is 0 Å². The Morgan fingerprint density at radius 2 is 2.04 bits per heavy atom. The van der Waals surface area contributed by atoms with Crippen LogP contribution in [0.2, 0.25) is 0 Å². The summed E-state index contributed by atoms with van der Waals surface area (Å²) in [7, 11) is 1.67. The van der Waals surface area contributed by atoms with Gasteiger partial charge < -0.3 is 14.5 Å². The van der Waals surface area contributed by atoms with Crippen molar-refractivity contribution in [3.05, 3.63) is 46.4 Å². The predicted molar refractivity (Wildman–Crippen MR) is 109 cm³/mol. The van der Waals surface area contributed by atoms with Crippen LogP contribution in [-0.4, -0.2) is 59.4 Å². The van der Waals surface area contributed by atoms with E-state index in [1.165, 1.54) is 11.8 Å². The van der Waals surface area contributed by atoms with Crippen LogP contribution in [0.3, 0.4) is 0 Å². The Morgan fingerprint density at radius 3 is 2.79 bits per heavy atom. The second kappa shape index (κ2) is 7.87. The number of carbonyl (C=O) groups excluding carboxylic acids is 1. The summed E-state index contributed by atoms with van der Waals surface area (Å²) in [5.74, 6) is 1.46. The van der Waals surface area contributed by atoms with E-state index in [0.717, 1.165) is 24.5 Å². The first-order valence-electron chi connectivity index (χ1n) is 9.44. The number of hydrogen-bond acceptors (Lipinski definition) is 6. The van der Waals surface area contributed by atoms with E-state index < -0.39 is 0 Å². The van der Waals surface area contributed by atoms with E-state index in [1.807, 2.05) is 23.1 Å². The Kier molecular flexibility index (Phi) is 5.30. The van der Waals surface area contributed by atoms with Crippen LogP contribution < -0.4 is 15.2 Å². The van der Waals surface area contributed by atoms with Gasteiger partial charge in [0.2, 0.25) is 5.91 Å². The first kappa shape index (κ1) is 18.9. The summed E-state index contributed by atoms with van der Waals surface area (Å²) in [6.07, 6.45) is 1.61. The van der Waals surface area contributed by atoms with E-state index in [0.29, 0.717) is 36.1 Å². The zero-order valence-electron chi connectivity index (χ0n) is 16.1. The quantitative estimate of drug-likeness (QED) is 0.730. The standard InChI is InChI=1S/C20H24N4O3S/c1-14-11-21-20-24(18(14)25)12-15(13-28-20)19(26)23-8-6-22(7-9-23)16-4-3-5-17(10-16)27-2/h3-5,10-11,15H,6-9,12-13H2,1-2H3. The molecule has 1 aromatic heterocycles. The number of carbonyl (C=O) groups is 1. The highest BCUT2D eigenvalue weighted by Gasteiger charge is 2.31. The maximum absolute atomic E-state index is 13.0. The zero-order chi connectivity index (χ0) is 19.7. The van der Waals surface area contributed by atoms with Crippen molar-refractivity contribution in [3.8, 4) is 5.75 Å². The number of aryl methyl sites for hydroxylation is 1. The average molecular weight is 401 g/mol. The molecule has 1 atom stereocenters. The smallest absolute Gasteiger partial charge is 0.257 e. The monoisotopic (exact) mass is 400 g/mol. The van der Waals surface area contributed by atoms with E-state index in [2.05, 4.69) is 16.0 Å². The molecule has 2 aromatic rings. The third kappa shape index (κ3) is 3.61. The van der Waals surface area contributed by atoms with Gasteiger partial charge in [-0.25, -0.2) is 4.98 Å². The number of ether oxygens (including phenoxy) is 1. The van der Waals surface area contributed by atoms with Gasteiger partial charge in [-0.05, 0) is 19.1 Å². The maximum atomic E-state index is 13.0. The van der Waals surface area contributed by atoms with Crippen LogP contribution in [0.15, 0.2) is 40.4 Å². The topological polar surface area (TPSA) is 67.7 Å². The summed E-state index contributed by atoms with van der Waals surface area (Å²) in [5, 5.41) is 0.711. The molecule has 7 nitrogen and oxygen atoms in total. The summed E-state index contributed by atoms with van der Waals surface area (Å²) in [6, 6.07) is 8.00. The second-order valence-corrected chi connectivity index (χ2v) is 8.15. The molecule has 1 amide bonds. The van der Waals surface area contributed by atoms with E-state index in [9.17, 15) is 9.59 Å². The van der Waals surface area contributed by atoms with Gasteiger partial charge in [-0.3, -0.25) is 14.2 Å². The molecule has 1 fully saturated rings. The number of benzene rings is 1. The lowest BCUT2D eigenvalue weighted by molar-refractivity contribution is -0.135. The van der Waals surface area contributed by atoms with Crippen LogP contribution in [0.1, 0.15) is 5.56 Å². The second-order valence-electron chi connectivity index (χ2n) is 7.16. The van der Waals surface area contributed by atoms with Crippen molar-refractivity contribution in [1.29, 1.82) is 0 Å². The van der Waals surface area contributed by atoms with Crippen molar-refractivity contribution < 1.29 is 9.53 Å². The Morgan fingerprint density at radius 1 is 1.25 bits per heavy atom. The number of rotatable bonds is 3. The molecule has 1 aromatic carbocycles. The minimum absolute atomic E-state index is 0.0437. The molecule has 28 heavy (non-hydrogen) atoms. The van der Waals surface area contributed by atoms with Crippen LogP contribution in [0.4, 0.5) is 5.69 Å². The molecule has 8 heteroatoms. The molecule has 0 bridgehead atoms. The van der Waals surface area contributed by atoms with E-state index in [-0.39, 0.29) is 17.4 Å². The average Bonchev–Trinajstić information content (AvgIpc) is 2.76. The lowest BCUT2D eigenvalue weighted by Crippen LogP contribution is -2.52. The number of fused-ring (bicyclic) bond motifs is 1. The van der Waals surface area contributed by atoms with Gasteiger partial charge in [-0.2, -0.15) is 0 Å². The SMILES string of the molecule is COc1cccc(N2CCN(C(=O)C3CSc4ncc(C)c(=O)n4C3)CC2)c1. The Bertz CT molecular complexity index is 937. The largest absolute Gasteiger partial charge is 0.497 e. The van der Waals surface area contributed by atoms with Gasteiger partial charge in [0.25, 0.3) is 5.56 Å². The fraction of sp³-hybridized carbons (Fsp3) is 0.450. The zero-order valence-corrected chi connectivity index (χ0v) is 16.9. The van der Waals surface area contributed by atoms with Gasteiger partial charge in [0.05, 0.1) is 13.0 Å². The van der Waals surface area contributed by atoms with Crippen LogP contribution in [0.25, 0.3) is 0 Å². The Hall–Kier alpha value is -2.48. The highest BCUT2D eigenvalue weighted by Crippen LogP contribution is 2.27. The van der Waals surface area contributed by atoms with Gasteiger partial charge in [0.15, 0.2) is 5.16 Å². The summed E-state index contributed by atoms with van der Waals surface area (Å²) in [5.41, 5.74) is 1.68. The molecular weight excluding hydrogens is 376 g/mol. The summed E-state index contributed by atoms with van der Waals surface area (Å²) >= 11 is 1.49. The van der Waals surface area contributed by atoms with Crippen molar-refractivity contribution in [2.75, 3.05) is 43.9 Å². The molecule has 1 unspecified atom stereocenters. The van der Waals surface area contributed by atoms with Gasteiger partial charge in [-0.15, -0.1) is 0 Å². The molecule has 4 rings (SSSR count). The van der Waals surface area contributed by atoms with E-state index in [1.54, 1.807) is 24.8 Å². The van der Waals surface area contributed by atoms with Crippen molar-refractivity contribution in [2.24, 2.45) is 5.92 Å². The van der Waals surface area contributed by atoms with Crippen LogP contribution in [0, 0.1) is 12.8 Å². The van der Waals surface area contributed by atoms with Crippen molar-refractivity contribution in [2.45, 2.75) is 18.6 Å². The molecule has 2 aliphatic heterocycles. The van der Waals surface area contributed by atoms with E-state index in [4.69, 9.17) is 4.74 Å². The lowest BCUT2D eigenvalue weighted by atomic mass is 10.1. The molecule has 2 aliphatic rings. The number of amides is 1. The Balaban J connectivity index is 1.40. The molecule has 0 spiro atoms. The maximum Gasteiger partial charge on any atom is 0.257 e. The first-order chi connectivity index (χ1) is 13.6. The highest BCUT2D eigenvalue weighted by atomic mass is 32.2. The number of anilines is 1. The fourth-order valence-corrected chi connectivity index (χ4v) is 4.74. The number of thioether (sulfide) groups is 1. The third-order valence-electron chi connectivity index (χ3n) is 5.36. The Labute approximate surface area is 168 Å². The number of piperazine rings is 1. The third-order valence-corrected chi connectivity index (χ3v) is 6.51. The number of aromatic nitrogens is 2. The summed E-state index contributed by atoms with van der Waals surface area (Å²) < 4.78 is 6.96.